The van der Waals surface area contributed by atoms with Gasteiger partial charge < -0.3 is 9.73 Å². The van der Waals surface area contributed by atoms with Gasteiger partial charge in [-0.1, -0.05) is 23.9 Å². The van der Waals surface area contributed by atoms with Gasteiger partial charge in [-0.05, 0) is 62.6 Å². The number of thiophene rings is 1. The van der Waals surface area contributed by atoms with E-state index in [0.717, 1.165) is 27.3 Å². The van der Waals surface area contributed by atoms with Gasteiger partial charge in [0.05, 0.1) is 29.6 Å². The molecule has 3 aromatic heterocycles. The molecule has 0 saturated heterocycles. The van der Waals surface area contributed by atoms with E-state index in [9.17, 15) is 9.59 Å². The highest BCUT2D eigenvalue weighted by Crippen LogP contribution is 2.30. The first-order valence-corrected chi connectivity index (χ1v) is 11.7. The lowest BCUT2D eigenvalue weighted by Crippen LogP contribution is -2.26. The van der Waals surface area contributed by atoms with E-state index in [2.05, 4.69) is 5.32 Å². The lowest BCUT2D eigenvalue weighted by atomic mass is 10.1. The zero-order valence-corrected chi connectivity index (χ0v) is 19.4. The Kier molecular flexibility index (Phi) is 6.02. The predicted octanol–water partition coefficient (Wildman–Crippen LogP) is 4.68. The Balaban J connectivity index is 1.72. The number of fused-ring (bicyclic) bond motifs is 1. The fourth-order valence-electron chi connectivity index (χ4n) is 3.34. The van der Waals surface area contributed by atoms with Crippen LogP contribution >= 0.6 is 23.1 Å². The van der Waals surface area contributed by atoms with Crippen molar-refractivity contribution in [3.63, 3.8) is 0 Å². The number of rotatable bonds is 6. The number of aromatic nitrogens is 2. The van der Waals surface area contributed by atoms with Gasteiger partial charge in [-0.2, -0.15) is 0 Å². The van der Waals surface area contributed by atoms with Gasteiger partial charge in [0.25, 0.3) is 5.56 Å². The van der Waals surface area contributed by atoms with Crippen LogP contribution in [0.25, 0.3) is 15.9 Å². The molecular weight excluding hydrogens is 430 g/mol. The van der Waals surface area contributed by atoms with Crippen molar-refractivity contribution < 1.29 is 9.21 Å². The number of thioether (sulfide) groups is 1. The quantitative estimate of drug-likeness (QED) is 0.339. The van der Waals surface area contributed by atoms with Crippen molar-refractivity contribution in [1.82, 2.24) is 14.9 Å². The lowest BCUT2D eigenvalue weighted by molar-refractivity contribution is -0.118. The SMILES string of the molecule is Cc1cccc(-n2c(SCC(=O)NCc3ccco3)nc3sc(C)c(C)c3c2=O)c1C. The first-order chi connectivity index (χ1) is 14.9. The van der Waals surface area contributed by atoms with Gasteiger partial charge >= 0.3 is 0 Å². The molecule has 0 aliphatic carbocycles. The molecule has 8 heteroatoms. The van der Waals surface area contributed by atoms with Crippen molar-refractivity contribution in [2.24, 2.45) is 0 Å². The highest BCUT2D eigenvalue weighted by atomic mass is 32.2. The summed E-state index contributed by atoms with van der Waals surface area (Å²) in [5.41, 5.74) is 3.76. The third-order valence-electron chi connectivity index (χ3n) is 5.36. The second-order valence-corrected chi connectivity index (χ2v) is 9.51. The molecule has 0 unspecified atom stereocenters. The maximum Gasteiger partial charge on any atom is 0.267 e. The van der Waals surface area contributed by atoms with Crippen LogP contribution in [0.2, 0.25) is 0 Å². The summed E-state index contributed by atoms with van der Waals surface area (Å²) in [7, 11) is 0. The number of amides is 1. The number of carbonyl (C=O) groups is 1. The molecule has 1 N–H and O–H groups in total. The minimum Gasteiger partial charge on any atom is -0.467 e. The normalized spacial score (nSPS) is 11.2. The van der Waals surface area contributed by atoms with E-state index in [1.165, 1.54) is 23.1 Å². The zero-order valence-electron chi connectivity index (χ0n) is 17.8. The zero-order chi connectivity index (χ0) is 22.1. The molecule has 160 valence electrons. The maximum atomic E-state index is 13.6. The minimum absolute atomic E-state index is 0.0981. The van der Waals surface area contributed by atoms with E-state index in [1.54, 1.807) is 16.9 Å². The van der Waals surface area contributed by atoms with Gasteiger partial charge in [0.15, 0.2) is 5.16 Å². The number of furan rings is 1. The summed E-state index contributed by atoms with van der Waals surface area (Å²) in [6, 6.07) is 9.47. The van der Waals surface area contributed by atoms with Gasteiger partial charge in [0.1, 0.15) is 10.6 Å². The number of nitrogens with one attached hydrogen (secondary N) is 1. The van der Waals surface area contributed by atoms with Crippen LogP contribution in [-0.2, 0) is 11.3 Å². The molecule has 0 atom stereocenters. The summed E-state index contributed by atoms with van der Waals surface area (Å²) in [5, 5.41) is 4.00. The number of aryl methyl sites for hydroxylation is 3. The Bertz CT molecular complexity index is 1320. The summed E-state index contributed by atoms with van der Waals surface area (Å²) in [4.78, 5) is 32.6. The highest BCUT2D eigenvalue weighted by Gasteiger charge is 2.20. The van der Waals surface area contributed by atoms with E-state index >= 15 is 0 Å². The topological polar surface area (TPSA) is 77.1 Å². The Morgan fingerprint density at radius 3 is 2.71 bits per heavy atom. The molecule has 6 nitrogen and oxygen atoms in total. The van der Waals surface area contributed by atoms with Gasteiger partial charge in [-0.25, -0.2) is 4.98 Å². The molecule has 0 spiro atoms. The molecule has 0 fully saturated rings. The molecule has 0 saturated carbocycles. The van der Waals surface area contributed by atoms with Crippen molar-refractivity contribution in [3.8, 4) is 5.69 Å². The second kappa shape index (κ2) is 8.72. The fraction of sp³-hybridized carbons (Fsp3) is 0.261. The van der Waals surface area contributed by atoms with E-state index in [4.69, 9.17) is 9.40 Å². The number of hydrogen-bond acceptors (Lipinski definition) is 6. The summed E-state index contributed by atoms with van der Waals surface area (Å²) >= 11 is 2.77. The molecule has 4 aromatic rings. The van der Waals surface area contributed by atoms with E-state index in [-0.39, 0.29) is 17.2 Å². The van der Waals surface area contributed by atoms with Gasteiger partial charge in [0.2, 0.25) is 5.91 Å². The molecule has 0 bridgehead atoms. The molecular formula is C23H23N3O3S2. The van der Waals surface area contributed by atoms with Crippen LogP contribution in [0.1, 0.15) is 27.3 Å². The predicted molar refractivity (Wildman–Crippen MR) is 125 cm³/mol. The molecule has 0 aliphatic heterocycles. The Morgan fingerprint density at radius 1 is 1.16 bits per heavy atom. The largest absolute Gasteiger partial charge is 0.467 e. The summed E-state index contributed by atoms with van der Waals surface area (Å²) in [6.07, 6.45) is 1.57. The van der Waals surface area contributed by atoms with Crippen LogP contribution in [0.15, 0.2) is 51.0 Å². The van der Waals surface area contributed by atoms with Crippen molar-refractivity contribution >= 4 is 39.2 Å². The van der Waals surface area contributed by atoms with Crippen molar-refractivity contribution in [3.05, 3.63) is 74.3 Å². The van der Waals surface area contributed by atoms with Crippen molar-refractivity contribution in [2.75, 3.05) is 5.75 Å². The van der Waals surface area contributed by atoms with Gasteiger partial charge in [-0.15, -0.1) is 11.3 Å². The molecule has 3 heterocycles. The second-order valence-electron chi connectivity index (χ2n) is 7.36. The minimum atomic E-state index is -0.151. The average Bonchev–Trinajstić information content (AvgIpc) is 3.36. The number of hydrogen-bond donors (Lipinski definition) is 1. The van der Waals surface area contributed by atoms with Crippen molar-refractivity contribution in [1.29, 1.82) is 0 Å². The standard InChI is InChI=1S/C23H23N3O3S2/c1-13-7-5-9-18(14(13)2)26-22(28)20-15(3)16(4)31-21(20)25-23(26)30-12-19(27)24-11-17-8-6-10-29-17/h5-10H,11-12H2,1-4H3,(H,24,27). The van der Waals surface area contributed by atoms with Crippen LogP contribution in [0.3, 0.4) is 0 Å². The van der Waals surface area contributed by atoms with Crippen LogP contribution in [-0.4, -0.2) is 21.2 Å². The fourth-order valence-corrected chi connectivity index (χ4v) is 5.25. The molecule has 1 amide bonds. The molecule has 4 rings (SSSR count). The van der Waals surface area contributed by atoms with Crippen LogP contribution < -0.4 is 10.9 Å². The summed E-state index contributed by atoms with van der Waals surface area (Å²) < 4.78 is 6.89. The molecule has 31 heavy (non-hydrogen) atoms. The summed E-state index contributed by atoms with van der Waals surface area (Å²) in [5.74, 6) is 0.684. The van der Waals surface area contributed by atoms with Crippen molar-refractivity contribution in [2.45, 2.75) is 39.4 Å². The van der Waals surface area contributed by atoms with E-state index < -0.39 is 0 Å². The molecule has 1 aromatic carbocycles. The van der Waals surface area contributed by atoms with Gasteiger partial charge in [0, 0.05) is 4.88 Å². The van der Waals surface area contributed by atoms with Crippen LogP contribution in [0, 0.1) is 27.7 Å². The van der Waals surface area contributed by atoms with Gasteiger partial charge in [-0.3, -0.25) is 14.2 Å². The van der Waals surface area contributed by atoms with Crippen LogP contribution in [0.4, 0.5) is 0 Å². The first-order valence-electron chi connectivity index (χ1n) is 9.88. The van der Waals surface area contributed by atoms with E-state index in [0.29, 0.717) is 27.7 Å². The highest BCUT2D eigenvalue weighted by molar-refractivity contribution is 7.99. The Morgan fingerprint density at radius 2 is 1.97 bits per heavy atom. The molecule has 0 radical (unpaired) electrons. The first kappa shape index (κ1) is 21.4. The number of nitrogens with zero attached hydrogens (tertiary/aromatic N) is 2. The third kappa shape index (κ3) is 4.18. The van der Waals surface area contributed by atoms with E-state index in [1.807, 2.05) is 52.0 Å². The van der Waals surface area contributed by atoms with Crippen LogP contribution in [0.5, 0.6) is 0 Å². The smallest absolute Gasteiger partial charge is 0.267 e. The number of carbonyl (C=O) groups excluding carboxylic acids is 1. The average molecular weight is 454 g/mol. The third-order valence-corrected chi connectivity index (χ3v) is 7.40. The Hall–Kier alpha value is -2.84. The lowest BCUT2D eigenvalue weighted by Gasteiger charge is -2.15. The number of benzene rings is 1. The monoisotopic (exact) mass is 453 g/mol. The maximum absolute atomic E-state index is 13.6. The summed E-state index contributed by atoms with van der Waals surface area (Å²) in [6.45, 7) is 8.30. The molecule has 0 aliphatic rings. The Labute approximate surface area is 188 Å².